The topological polar surface area (TPSA) is 89.5 Å². The van der Waals surface area contributed by atoms with Crippen molar-refractivity contribution >= 4 is 23.1 Å². The van der Waals surface area contributed by atoms with Crippen LogP contribution in [0.25, 0.3) is 0 Å². The van der Waals surface area contributed by atoms with Gasteiger partial charge in [-0.05, 0) is 17.7 Å². The molecule has 0 spiro atoms. The van der Waals surface area contributed by atoms with Gasteiger partial charge in [0.1, 0.15) is 16.5 Å². The van der Waals surface area contributed by atoms with E-state index in [4.69, 9.17) is 10.7 Å². The summed E-state index contributed by atoms with van der Waals surface area (Å²) in [7, 11) is 0. The Morgan fingerprint density at radius 1 is 1.26 bits per heavy atom. The molecular formula is C17H17FN6O2S. The first kappa shape index (κ1) is 17.6. The molecule has 1 aliphatic heterocycles. The lowest BCUT2D eigenvalue weighted by Crippen LogP contribution is -2.22. The Labute approximate surface area is 158 Å². The van der Waals surface area contributed by atoms with E-state index in [1.54, 1.807) is 34.5 Å². The van der Waals surface area contributed by atoms with E-state index in [0.29, 0.717) is 37.7 Å². The van der Waals surface area contributed by atoms with Crippen LogP contribution in [0.1, 0.15) is 21.1 Å². The highest BCUT2D eigenvalue weighted by molar-refractivity contribution is 7.09. The number of nitrogens with zero attached hydrogens (tertiary/aromatic N) is 5. The zero-order valence-corrected chi connectivity index (χ0v) is 15.1. The third-order valence-corrected chi connectivity index (χ3v) is 4.85. The number of anilines is 1. The fraction of sp³-hybridized carbons (Fsp3) is 0.235. The molecule has 1 amide bonds. The average Bonchev–Trinajstić information content (AvgIpc) is 3.38. The molecule has 0 atom stereocenters. The number of aromatic nitrogens is 3. The second kappa shape index (κ2) is 7.43. The predicted molar refractivity (Wildman–Crippen MR) is 97.2 cm³/mol. The molecule has 1 fully saturated rings. The van der Waals surface area contributed by atoms with Gasteiger partial charge in [0.15, 0.2) is 5.82 Å². The molecule has 8 nitrogen and oxygen atoms in total. The maximum atomic E-state index is 13.0. The molecular weight excluding hydrogens is 371 g/mol. The van der Waals surface area contributed by atoms with E-state index in [2.05, 4.69) is 10.1 Å². The lowest BCUT2D eigenvalue weighted by Gasteiger charge is -2.16. The van der Waals surface area contributed by atoms with E-state index in [0.717, 1.165) is 10.6 Å². The van der Waals surface area contributed by atoms with Crippen molar-refractivity contribution in [3.05, 3.63) is 64.0 Å². The van der Waals surface area contributed by atoms with Crippen LogP contribution in [0.5, 0.6) is 0 Å². The first-order valence-electron chi connectivity index (χ1n) is 8.29. The summed E-state index contributed by atoms with van der Waals surface area (Å²) in [5.41, 5.74) is 6.71. The zero-order chi connectivity index (χ0) is 18.8. The molecule has 0 radical (unpaired) electrons. The van der Waals surface area contributed by atoms with E-state index >= 15 is 0 Å². The van der Waals surface area contributed by atoms with Crippen LogP contribution in [0, 0.1) is 5.82 Å². The van der Waals surface area contributed by atoms with Crippen LogP contribution in [0.4, 0.5) is 10.2 Å². The van der Waals surface area contributed by atoms with Crippen LogP contribution in [0.3, 0.4) is 0 Å². The van der Waals surface area contributed by atoms with Crippen LogP contribution in [-0.4, -0.2) is 38.8 Å². The number of hydrogen-bond donors (Lipinski definition) is 1. The number of amides is 1. The van der Waals surface area contributed by atoms with E-state index < -0.39 is 5.91 Å². The van der Waals surface area contributed by atoms with Crippen molar-refractivity contribution in [2.75, 3.05) is 18.2 Å². The number of carbonyl (C=O) groups excluding carboxylic acids is 1. The number of benzene rings is 1. The van der Waals surface area contributed by atoms with E-state index in [9.17, 15) is 9.18 Å². The van der Waals surface area contributed by atoms with Gasteiger partial charge in [0.2, 0.25) is 0 Å². The average molecular weight is 388 g/mol. The summed E-state index contributed by atoms with van der Waals surface area (Å²) in [5.74, 6) is -0.331. The normalized spacial score (nSPS) is 14.8. The van der Waals surface area contributed by atoms with Crippen LogP contribution < -0.4 is 10.8 Å². The van der Waals surface area contributed by atoms with Gasteiger partial charge < -0.3 is 5.73 Å². The maximum absolute atomic E-state index is 13.0. The second-order valence-corrected chi connectivity index (χ2v) is 6.99. The van der Waals surface area contributed by atoms with Gasteiger partial charge in [-0.15, -0.1) is 11.3 Å². The molecule has 4 rings (SSSR count). The van der Waals surface area contributed by atoms with E-state index in [-0.39, 0.29) is 5.82 Å². The summed E-state index contributed by atoms with van der Waals surface area (Å²) in [4.78, 5) is 21.8. The highest BCUT2D eigenvalue weighted by atomic mass is 32.1. The number of nitrogens with two attached hydrogens (primary N) is 1. The molecule has 0 aliphatic carbocycles. The minimum Gasteiger partial charge on any atom is -0.364 e. The lowest BCUT2D eigenvalue weighted by molar-refractivity contribution is -0.131. The number of primary amides is 1. The summed E-state index contributed by atoms with van der Waals surface area (Å²) >= 11 is 1.48. The summed E-state index contributed by atoms with van der Waals surface area (Å²) in [6, 6.07) is 7.88. The van der Waals surface area contributed by atoms with Gasteiger partial charge in [0, 0.05) is 24.2 Å². The number of thiazole rings is 1. The van der Waals surface area contributed by atoms with Crippen molar-refractivity contribution < 1.29 is 14.1 Å². The number of rotatable bonds is 6. The van der Waals surface area contributed by atoms with Crippen LogP contribution in [0.2, 0.25) is 0 Å². The Bertz CT molecular complexity index is 928. The zero-order valence-electron chi connectivity index (χ0n) is 14.3. The minimum absolute atomic E-state index is 0.271. The molecule has 3 heterocycles. The Morgan fingerprint density at radius 2 is 2.07 bits per heavy atom. The quantitative estimate of drug-likeness (QED) is 0.693. The first-order chi connectivity index (χ1) is 13.1. The largest absolute Gasteiger partial charge is 0.364 e. The Balaban J connectivity index is 1.47. The monoisotopic (exact) mass is 388 g/mol. The van der Waals surface area contributed by atoms with Crippen molar-refractivity contribution in [1.29, 1.82) is 0 Å². The molecule has 2 N–H and O–H groups in total. The number of hydrogen-bond acceptors (Lipinski definition) is 7. The number of halogens is 1. The third-order valence-electron chi connectivity index (χ3n) is 4.08. The molecule has 27 heavy (non-hydrogen) atoms. The number of hydroxylamine groups is 3. The van der Waals surface area contributed by atoms with Crippen LogP contribution in [0.15, 0.2) is 41.9 Å². The smallest absolute Gasteiger partial charge is 0.267 e. The Kier molecular flexibility index (Phi) is 4.84. The fourth-order valence-electron chi connectivity index (χ4n) is 2.78. The summed E-state index contributed by atoms with van der Waals surface area (Å²) in [6.45, 7) is 2.10. The third kappa shape index (κ3) is 3.97. The molecule has 2 aromatic heterocycles. The van der Waals surface area contributed by atoms with Crippen molar-refractivity contribution in [3.8, 4) is 0 Å². The Morgan fingerprint density at radius 3 is 2.78 bits per heavy atom. The SMILES string of the molecule is NC(=O)c1cc(N2CCN(Cc3ccc(F)cc3)O2)nn1Cc1nccs1. The molecule has 0 saturated carbocycles. The molecule has 3 aromatic rings. The van der Waals surface area contributed by atoms with E-state index in [1.165, 1.54) is 28.2 Å². The molecule has 0 bridgehead atoms. The van der Waals surface area contributed by atoms with Crippen molar-refractivity contribution in [2.45, 2.75) is 13.1 Å². The fourth-order valence-corrected chi connectivity index (χ4v) is 3.38. The molecule has 1 aromatic carbocycles. The summed E-state index contributed by atoms with van der Waals surface area (Å²) in [6.07, 6.45) is 1.70. The van der Waals surface area contributed by atoms with Gasteiger partial charge in [-0.3, -0.25) is 9.48 Å². The summed E-state index contributed by atoms with van der Waals surface area (Å²) in [5, 5.41) is 10.5. The second-order valence-electron chi connectivity index (χ2n) is 6.01. The van der Waals surface area contributed by atoms with Crippen LogP contribution >= 0.6 is 11.3 Å². The van der Waals surface area contributed by atoms with Gasteiger partial charge in [0.05, 0.1) is 19.6 Å². The molecule has 140 valence electrons. The summed E-state index contributed by atoms with van der Waals surface area (Å²) < 4.78 is 14.5. The van der Waals surface area contributed by atoms with Crippen LogP contribution in [-0.2, 0) is 18.0 Å². The van der Waals surface area contributed by atoms with Crippen molar-refractivity contribution in [3.63, 3.8) is 0 Å². The van der Waals surface area contributed by atoms with Gasteiger partial charge >= 0.3 is 0 Å². The van der Waals surface area contributed by atoms with E-state index in [1.807, 2.05) is 5.38 Å². The van der Waals surface area contributed by atoms with Gasteiger partial charge in [-0.2, -0.15) is 15.1 Å². The highest BCUT2D eigenvalue weighted by Crippen LogP contribution is 2.22. The first-order valence-corrected chi connectivity index (χ1v) is 9.17. The standard InChI is InChI=1S/C17H17FN6O2S/c18-13-3-1-12(2-4-13)10-22-6-7-24(26-22)15-9-14(17(19)25)23(21-15)11-16-20-5-8-27-16/h1-5,8-9H,6-7,10-11H2,(H2,19,25). The van der Waals surface area contributed by atoms with Crippen molar-refractivity contribution in [2.24, 2.45) is 5.73 Å². The molecule has 0 unspecified atom stereocenters. The van der Waals surface area contributed by atoms with Gasteiger partial charge in [0.25, 0.3) is 5.91 Å². The highest BCUT2D eigenvalue weighted by Gasteiger charge is 2.26. The number of carbonyl (C=O) groups is 1. The molecule has 1 saturated heterocycles. The van der Waals surface area contributed by atoms with Gasteiger partial charge in [-0.25, -0.2) is 14.4 Å². The Hall–Kier alpha value is -2.82. The predicted octanol–water partition coefficient (Wildman–Crippen LogP) is 1.79. The molecule has 1 aliphatic rings. The van der Waals surface area contributed by atoms with Gasteiger partial charge in [-0.1, -0.05) is 12.1 Å². The maximum Gasteiger partial charge on any atom is 0.267 e. The lowest BCUT2D eigenvalue weighted by atomic mass is 10.2. The minimum atomic E-state index is -0.562. The van der Waals surface area contributed by atoms with Crippen molar-refractivity contribution in [1.82, 2.24) is 19.8 Å². The molecule has 10 heteroatoms.